The second kappa shape index (κ2) is 6.06. The fourth-order valence-electron chi connectivity index (χ4n) is 1.66. The lowest BCUT2D eigenvalue weighted by Gasteiger charge is -2.03. The topological polar surface area (TPSA) is 77.8 Å². The van der Waals surface area contributed by atoms with Crippen molar-refractivity contribution in [2.75, 3.05) is 0 Å². The summed E-state index contributed by atoms with van der Waals surface area (Å²) in [6, 6.07) is -0.149. The van der Waals surface area contributed by atoms with Crippen molar-refractivity contribution in [3.8, 4) is 0 Å². The summed E-state index contributed by atoms with van der Waals surface area (Å²) >= 11 is 1.61. The highest BCUT2D eigenvalue weighted by atomic mass is 32.1. The van der Waals surface area contributed by atoms with Gasteiger partial charge in [-0.2, -0.15) is 4.98 Å². The van der Waals surface area contributed by atoms with Crippen LogP contribution in [0.15, 0.2) is 9.90 Å². The molecule has 0 spiro atoms. The van der Waals surface area contributed by atoms with Gasteiger partial charge in [-0.15, -0.1) is 11.3 Å². The summed E-state index contributed by atoms with van der Waals surface area (Å²) in [4.78, 5) is 8.71. The van der Waals surface area contributed by atoms with E-state index >= 15 is 0 Å². The fraction of sp³-hybridized carbons (Fsp3) is 0.583. The maximum atomic E-state index is 5.98. The van der Waals surface area contributed by atoms with Gasteiger partial charge in [0, 0.05) is 11.1 Å². The summed E-state index contributed by atoms with van der Waals surface area (Å²) < 4.78 is 5.19. The summed E-state index contributed by atoms with van der Waals surface area (Å²) in [6.45, 7) is 4.11. The molecule has 0 aliphatic carbocycles. The highest BCUT2D eigenvalue weighted by Crippen LogP contribution is 2.17. The van der Waals surface area contributed by atoms with Crippen molar-refractivity contribution < 1.29 is 4.52 Å². The van der Waals surface area contributed by atoms with E-state index in [0.29, 0.717) is 18.1 Å². The Bertz CT molecular complexity index is 494. The molecule has 2 heterocycles. The number of aryl methyl sites for hydroxylation is 1. The molecule has 0 aromatic carbocycles. The van der Waals surface area contributed by atoms with Gasteiger partial charge < -0.3 is 10.3 Å². The third-order valence-electron chi connectivity index (χ3n) is 2.65. The van der Waals surface area contributed by atoms with Crippen LogP contribution in [0.3, 0.4) is 0 Å². The van der Waals surface area contributed by atoms with Crippen LogP contribution < -0.4 is 5.73 Å². The number of unbranched alkanes of at least 4 members (excludes halogenated alkanes) is 1. The average Bonchev–Trinajstić information content (AvgIpc) is 2.96. The van der Waals surface area contributed by atoms with Crippen LogP contribution in [0.25, 0.3) is 0 Å². The molecule has 0 saturated carbocycles. The zero-order chi connectivity index (χ0) is 13.0. The molecule has 2 N–H and O–H groups in total. The summed E-state index contributed by atoms with van der Waals surface area (Å²) in [7, 11) is 0. The molecule has 0 aliphatic heterocycles. The minimum atomic E-state index is -0.149. The first-order valence-electron chi connectivity index (χ1n) is 6.18. The Labute approximate surface area is 110 Å². The highest BCUT2D eigenvalue weighted by molar-refractivity contribution is 7.09. The van der Waals surface area contributed by atoms with Crippen LogP contribution in [0.1, 0.15) is 54.6 Å². The SMILES string of the molecule is CCCCC(N)c1nc(Cc2nc(C)cs2)no1. The second-order valence-electron chi connectivity index (χ2n) is 4.36. The Morgan fingerprint density at radius 2 is 2.28 bits per heavy atom. The zero-order valence-corrected chi connectivity index (χ0v) is 11.5. The largest absolute Gasteiger partial charge is 0.338 e. The van der Waals surface area contributed by atoms with Crippen molar-refractivity contribution in [2.24, 2.45) is 5.73 Å². The van der Waals surface area contributed by atoms with Gasteiger partial charge in [0.25, 0.3) is 0 Å². The van der Waals surface area contributed by atoms with Gasteiger partial charge >= 0.3 is 0 Å². The van der Waals surface area contributed by atoms with Crippen molar-refractivity contribution in [3.05, 3.63) is 27.8 Å². The van der Waals surface area contributed by atoms with E-state index < -0.39 is 0 Å². The minimum absolute atomic E-state index is 0.149. The average molecular weight is 266 g/mol. The monoisotopic (exact) mass is 266 g/mol. The summed E-state index contributed by atoms with van der Waals surface area (Å²) in [5.74, 6) is 1.19. The molecule has 5 nitrogen and oxygen atoms in total. The summed E-state index contributed by atoms with van der Waals surface area (Å²) in [5.41, 5.74) is 7.01. The van der Waals surface area contributed by atoms with Gasteiger partial charge in [0.2, 0.25) is 5.89 Å². The van der Waals surface area contributed by atoms with Crippen LogP contribution in [0.4, 0.5) is 0 Å². The van der Waals surface area contributed by atoms with Crippen molar-refractivity contribution in [3.63, 3.8) is 0 Å². The smallest absolute Gasteiger partial charge is 0.243 e. The molecule has 98 valence electrons. The van der Waals surface area contributed by atoms with Crippen LogP contribution in [0.5, 0.6) is 0 Å². The zero-order valence-electron chi connectivity index (χ0n) is 10.7. The predicted octanol–water partition coefficient (Wildman–Crippen LogP) is 2.62. The predicted molar refractivity (Wildman–Crippen MR) is 70.4 cm³/mol. The molecule has 0 radical (unpaired) electrons. The minimum Gasteiger partial charge on any atom is -0.338 e. The van der Waals surface area contributed by atoms with Crippen molar-refractivity contribution in [2.45, 2.75) is 45.6 Å². The maximum absolute atomic E-state index is 5.98. The molecule has 0 bridgehead atoms. The van der Waals surface area contributed by atoms with Gasteiger partial charge in [-0.05, 0) is 13.3 Å². The van der Waals surface area contributed by atoms with Crippen molar-refractivity contribution in [1.29, 1.82) is 0 Å². The number of rotatable bonds is 6. The van der Waals surface area contributed by atoms with Gasteiger partial charge in [-0.25, -0.2) is 4.98 Å². The van der Waals surface area contributed by atoms with Crippen LogP contribution in [0, 0.1) is 6.92 Å². The molecule has 0 fully saturated rings. The van der Waals surface area contributed by atoms with E-state index in [9.17, 15) is 0 Å². The van der Waals surface area contributed by atoms with Crippen LogP contribution in [-0.4, -0.2) is 15.1 Å². The molecule has 0 aliphatic rings. The van der Waals surface area contributed by atoms with Crippen molar-refractivity contribution in [1.82, 2.24) is 15.1 Å². The Kier molecular flexibility index (Phi) is 4.43. The molecule has 1 atom stereocenters. The molecular formula is C12H18N4OS. The fourth-order valence-corrected chi connectivity index (χ4v) is 2.42. The number of nitrogens with two attached hydrogens (primary N) is 1. The Balaban J connectivity index is 1.97. The maximum Gasteiger partial charge on any atom is 0.243 e. The Hall–Kier alpha value is -1.27. The molecule has 2 aromatic heterocycles. The summed E-state index contributed by atoms with van der Waals surface area (Å²) in [6.07, 6.45) is 3.69. The van der Waals surface area contributed by atoms with E-state index in [0.717, 1.165) is 30.0 Å². The number of nitrogens with zero attached hydrogens (tertiary/aromatic N) is 3. The Morgan fingerprint density at radius 3 is 2.94 bits per heavy atom. The van der Waals surface area contributed by atoms with Gasteiger partial charge in [-0.3, -0.25) is 0 Å². The third-order valence-corrected chi connectivity index (χ3v) is 3.61. The van der Waals surface area contributed by atoms with E-state index in [1.807, 2.05) is 12.3 Å². The molecule has 1 unspecified atom stereocenters. The quantitative estimate of drug-likeness (QED) is 0.869. The third kappa shape index (κ3) is 3.36. The summed E-state index contributed by atoms with van der Waals surface area (Å²) in [5, 5.41) is 6.97. The number of hydrogen-bond acceptors (Lipinski definition) is 6. The van der Waals surface area contributed by atoms with Crippen LogP contribution >= 0.6 is 11.3 Å². The normalized spacial score (nSPS) is 12.8. The molecular weight excluding hydrogens is 248 g/mol. The first kappa shape index (κ1) is 13.2. The van der Waals surface area contributed by atoms with E-state index in [1.165, 1.54) is 0 Å². The molecule has 0 saturated heterocycles. The van der Waals surface area contributed by atoms with Crippen LogP contribution in [0.2, 0.25) is 0 Å². The van der Waals surface area contributed by atoms with E-state index in [4.69, 9.17) is 10.3 Å². The molecule has 0 amide bonds. The number of thiazole rings is 1. The van der Waals surface area contributed by atoms with E-state index in [1.54, 1.807) is 11.3 Å². The standard InChI is InChI=1S/C12H18N4OS/c1-3-4-5-9(13)12-15-10(16-17-12)6-11-14-8(2)7-18-11/h7,9H,3-6,13H2,1-2H3. The number of aromatic nitrogens is 3. The lowest BCUT2D eigenvalue weighted by Crippen LogP contribution is -2.10. The molecule has 2 rings (SSSR count). The lowest BCUT2D eigenvalue weighted by atomic mass is 10.1. The highest BCUT2D eigenvalue weighted by Gasteiger charge is 2.15. The van der Waals surface area contributed by atoms with Crippen LogP contribution in [-0.2, 0) is 6.42 Å². The molecule has 6 heteroatoms. The Morgan fingerprint density at radius 1 is 1.44 bits per heavy atom. The van der Waals surface area contributed by atoms with Gasteiger partial charge in [0.15, 0.2) is 5.82 Å². The number of hydrogen-bond donors (Lipinski definition) is 1. The first-order valence-corrected chi connectivity index (χ1v) is 7.06. The molecule has 2 aromatic rings. The first-order chi connectivity index (χ1) is 8.69. The second-order valence-corrected chi connectivity index (χ2v) is 5.30. The molecule has 18 heavy (non-hydrogen) atoms. The van der Waals surface area contributed by atoms with Gasteiger partial charge in [-0.1, -0.05) is 24.9 Å². The van der Waals surface area contributed by atoms with Gasteiger partial charge in [0.1, 0.15) is 5.01 Å². The van der Waals surface area contributed by atoms with Gasteiger partial charge in [0.05, 0.1) is 12.5 Å². The van der Waals surface area contributed by atoms with E-state index in [-0.39, 0.29) is 6.04 Å². The van der Waals surface area contributed by atoms with E-state index in [2.05, 4.69) is 22.0 Å². The van der Waals surface area contributed by atoms with Crippen molar-refractivity contribution >= 4 is 11.3 Å². The lowest BCUT2D eigenvalue weighted by molar-refractivity contribution is 0.343.